The van der Waals surface area contributed by atoms with Crippen LogP contribution in [0.25, 0.3) is 0 Å². The molecular formula is C28H31ClN2O3. The number of nitrogens with one attached hydrogen (secondary N) is 1. The zero-order valence-corrected chi connectivity index (χ0v) is 20.6. The lowest BCUT2D eigenvalue weighted by molar-refractivity contribution is -0.142. The molecule has 6 heteroatoms. The quantitative estimate of drug-likeness (QED) is 0.434. The van der Waals surface area contributed by atoms with E-state index in [9.17, 15) is 9.59 Å². The molecule has 0 heterocycles. The van der Waals surface area contributed by atoms with Crippen LogP contribution < -0.4 is 10.1 Å². The molecule has 0 aromatic heterocycles. The van der Waals surface area contributed by atoms with E-state index in [4.69, 9.17) is 16.3 Å². The Kier molecular flexibility index (Phi) is 9.11. The number of rotatable bonds is 10. The van der Waals surface area contributed by atoms with Gasteiger partial charge in [0.1, 0.15) is 11.8 Å². The zero-order chi connectivity index (χ0) is 24.5. The van der Waals surface area contributed by atoms with Crippen LogP contribution in [0.15, 0.2) is 78.9 Å². The molecule has 5 nitrogen and oxygen atoms in total. The summed E-state index contributed by atoms with van der Waals surface area (Å²) < 4.78 is 5.97. The van der Waals surface area contributed by atoms with Crippen LogP contribution in [0.5, 0.6) is 5.75 Å². The van der Waals surface area contributed by atoms with Gasteiger partial charge >= 0.3 is 0 Å². The second kappa shape index (κ2) is 12.2. The Bertz CT molecular complexity index is 1080. The zero-order valence-electron chi connectivity index (χ0n) is 19.8. The van der Waals surface area contributed by atoms with E-state index >= 15 is 0 Å². The van der Waals surface area contributed by atoms with Gasteiger partial charge in [-0.2, -0.15) is 0 Å². The van der Waals surface area contributed by atoms with E-state index in [-0.39, 0.29) is 30.9 Å². The molecule has 3 aromatic rings. The highest BCUT2D eigenvalue weighted by molar-refractivity contribution is 6.30. The van der Waals surface area contributed by atoms with Gasteiger partial charge in [0, 0.05) is 25.0 Å². The molecule has 0 unspecified atom stereocenters. The molecule has 0 bridgehead atoms. The molecule has 1 atom stereocenters. The fraction of sp³-hybridized carbons (Fsp3) is 0.286. The Morgan fingerprint density at radius 1 is 0.912 bits per heavy atom. The highest BCUT2D eigenvalue weighted by Gasteiger charge is 2.30. The van der Waals surface area contributed by atoms with Crippen LogP contribution in [-0.2, 0) is 22.6 Å². The van der Waals surface area contributed by atoms with Crippen molar-refractivity contribution in [1.29, 1.82) is 0 Å². The standard InChI is InChI=1S/C28H31ClN2O3/c1-20(2)24-11-7-8-12-26(24)34-19-27(32)31(18-22-13-15-23(29)16-14-22)25(28(33)30-3)17-21-9-5-4-6-10-21/h4-16,20,25H,17-19H2,1-3H3,(H,30,33)/t25-/m1/s1. The molecule has 0 spiro atoms. The van der Waals surface area contributed by atoms with Crippen LogP contribution in [0.3, 0.4) is 0 Å². The summed E-state index contributed by atoms with van der Waals surface area (Å²) in [5, 5.41) is 3.33. The highest BCUT2D eigenvalue weighted by atomic mass is 35.5. The summed E-state index contributed by atoms with van der Waals surface area (Å²) in [6.45, 7) is 4.26. The maximum atomic E-state index is 13.5. The molecule has 1 N–H and O–H groups in total. The van der Waals surface area contributed by atoms with Gasteiger partial charge in [-0.15, -0.1) is 0 Å². The number of likely N-dealkylation sites (N-methyl/N-ethyl adjacent to an activating group) is 1. The van der Waals surface area contributed by atoms with E-state index in [1.54, 1.807) is 24.1 Å². The first kappa shape index (κ1) is 25.3. The van der Waals surface area contributed by atoms with Crippen LogP contribution >= 0.6 is 11.6 Å². The van der Waals surface area contributed by atoms with E-state index in [1.807, 2.05) is 66.7 Å². The monoisotopic (exact) mass is 478 g/mol. The summed E-state index contributed by atoms with van der Waals surface area (Å²) in [7, 11) is 1.58. The number of ether oxygens (including phenoxy) is 1. The Morgan fingerprint density at radius 3 is 2.21 bits per heavy atom. The third-order valence-electron chi connectivity index (χ3n) is 5.68. The Balaban J connectivity index is 1.88. The van der Waals surface area contributed by atoms with Gasteiger partial charge in [0.25, 0.3) is 5.91 Å². The fourth-order valence-corrected chi connectivity index (χ4v) is 3.94. The molecule has 0 saturated heterocycles. The summed E-state index contributed by atoms with van der Waals surface area (Å²) in [5.74, 6) is 0.441. The van der Waals surface area contributed by atoms with Crippen molar-refractivity contribution in [3.63, 3.8) is 0 Å². The fourth-order valence-electron chi connectivity index (χ4n) is 3.82. The molecule has 0 saturated carbocycles. The summed E-state index contributed by atoms with van der Waals surface area (Å²) in [6.07, 6.45) is 0.391. The number of carbonyl (C=O) groups is 2. The Labute approximate surface area is 206 Å². The first-order chi connectivity index (χ1) is 16.4. The van der Waals surface area contributed by atoms with Crippen LogP contribution in [0.2, 0.25) is 5.02 Å². The summed E-state index contributed by atoms with van der Waals surface area (Å²) in [6, 6.07) is 24.0. The van der Waals surface area contributed by atoms with Crippen LogP contribution in [0.1, 0.15) is 36.5 Å². The van der Waals surface area contributed by atoms with Crippen LogP contribution in [-0.4, -0.2) is 36.4 Å². The lowest BCUT2D eigenvalue weighted by atomic mass is 10.0. The first-order valence-electron chi connectivity index (χ1n) is 11.4. The van der Waals surface area contributed by atoms with E-state index < -0.39 is 6.04 Å². The minimum Gasteiger partial charge on any atom is -0.483 e. The SMILES string of the molecule is CNC(=O)[C@@H](Cc1ccccc1)N(Cc1ccc(Cl)cc1)C(=O)COc1ccccc1C(C)C. The van der Waals surface area contributed by atoms with Gasteiger partial charge in [0.2, 0.25) is 5.91 Å². The van der Waals surface area contributed by atoms with Crippen molar-refractivity contribution in [2.45, 2.75) is 38.8 Å². The second-order valence-corrected chi connectivity index (χ2v) is 8.89. The molecule has 34 heavy (non-hydrogen) atoms. The molecule has 0 aliphatic carbocycles. The van der Waals surface area contributed by atoms with Crippen molar-refractivity contribution < 1.29 is 14.3 Å². The summed E-state index contributed by atoms with van der Waals surface area (Å²) in [4.78, 5) is 28.1. The third-order valence-corrected chi connectivity index (χ3v) is 5.93. The molecule has 0 fully saturated rings. The van der Waals surface area contributed by atoms with E-state index in [0.717, 1.165) is 16.7 Å². The van der Waals surface area contributed by atoms with Gasteiger partial charge in [-0.25, -0.2) is 0 Å². The average Bonchev–Trinajstić information content (AvgIpc) is 2.86. The minimum atomic E-state index is -0.695. The average molecular weight is 479 g/mol. The van der Waals surface area contributed by atoms with Crippen molar-refractivity contribution in [1.82, 2.24) is 10.2 Å². The smallest absolute Gasteiger partial charge is 0.261 e. The van der Waals surface area contributed by atoms with E-state index in [0.29, 0.717) is 17.2 Å². The molecule has 0 radical (unpaired) electrons. The summed E-state index contributed by atoms with van der Waals surface area (Å²) in [5.41, 5.74) is 2.88. The molecule has 178 valence electrons. The number of halogens is 1. The molecule has 0 aliphatic rings. The molecular weight excluding hydrogens is 448 g/mol. The molecule has 3 rings (SSSR count). The third kappa shape index (κ3) is 6.84. The number of hydrogen-bond acceptors (Lipinski definition) is 3. The normalized spacial score (nSPS) is 11.7. The van der Waals surface area contributed by atoms with Crippen molar-refractivity contribution >= 4 is 23.4 Å². The van der Waals surface area contributed by atoms with Crippen LogP contribution in [0.4, 0.5) is 0 Å². The van der Waals surface area contributed by atoms with Crippen molar-refractivity contribution in [3.8, 4) is 5.75 Å². The number of nitrogens with zero attached hydrogens (tertiary/aromatic N) is 1. The topological polar surface area (TPSA) is 58.6 Å². The number of benzene rings is 3. The Hall–Kier alpha value is -3.31. The van der Waals surface area contributed by atoms with Crippen molar-refractivity contribution in [3.05, 3.63) is 101 Å². The highest BCUT2D eigenvalue weighted by Crippen LogP contribution is 2.26. The van der Waals surface area contributed by atoms with Gasteiger partial charge < -0.3 is 15.0 Å². The predicted octanol–water partition coefficient (Wildman–Crippen LogP) is 5.23. The number of carbonyl (C=O) groups excluding carboxylic acids is 2. The number of amides is 2. The van der Waals surface area contributed by atoms with Crippen molar-refractivity contribution in [2.24, 2.45) is 0 Å². The maximum absolute atomic E-state index is 13.5. The van der Waals surface area contributed by atoms with E-state index in [1.165, 1.54) is 0 Å². The molecule has 2 amide bonds. The van der Waals surface area contributed by atoms with Crippen molar-refractivity contribution in [2.75, 3.05) is 13.7 Å². The largest absolute Gasteiger partial charge is 0.483 e. The second-order valence-electron chi connectivity index (χ2n) is 8.45. The first-order valence-corrected chi connectivity index (χ1v) is 11.8. The van der Waals surface area contributed by atoms with Gasteiger partial charge in [-0.05, 0) is 40.8 Å². The Morgan fingerprint density at radius 2 is 1.56 bits per heavy atom. The van der Waals surface area contributed by atoms with Gasteiger partial charge in [-0.1, -0.05) is 86.1 Å². The molecule has 0 aliphatic heterocycles. The number of para-hydroxylation sites is 1. The van der Waals surface area contributed by atoms with E-state index in [2.05, 4.69) is 19.2 Å². The summed E-state index contributed by atoms with van der Waals surface area (Å²) >= 11 is 6.05. The van der Waals surface area contributed by atoms with Gasteiger partial charge in [-0.3, -0.25) is 9.59 Å². The lowest BCUT2D eigenvalue weighted by Gasteiger charge is -2.31. The molecule has 3 aromatic carbocycles. The minimum absolute atomic E-state index is 0.167. The predicted molar refractivity (Wildman–Crippen MR) is 136 cm³/mol. The number of hydrogen-bond donors (Lipinski definition) is 1. The lowest BCUT2D eigenvalue weighted by Crippen LogP contribution is -2.51. The van der Waals surface area contributed by atoms with Gasteiger partial charge in [0.15, 0.2) is 6.61 Å². The van der Waals surface area contributed by atoms with Crippen LogP contribution in [0, 0.1) is 0 Å². The maximum Gasteiger partial charge on any atom is 0.261 e. The van der Waals surface area contributed by atoms with Gasteiger partial charge in [0.05, 0.1) is 0 Å².